The fourth-order valence-electron chi connectivity index (χ4n) is 5.32. The highest BCUT2D eigenvalue weighted by Gasteiger charge is 2.38. The van der Waals surface area contributed by atoms with Crippen LogP contribution in [0.3, 0.4) is 0 Å². The molecule has 3 heterocycles. The maximum absolute atomic E-state index is 13.1. The molecule has 2 amide bonds. The summed E-state index contributed by atoms with van der Waals surface area (Å²) in [6, 6.07) is 12.7. The van der Waals surface area contributed by atoms with Gasteiger partial charge in [-0.3, -0.25) is 14.6 Å². The van der Waals surface area contributed by atoms with Gasteiger partial charge < -0.3 is 30.1 Å². The first-order valence-corrected chi connectivity index (χ1v) is 14.1. The van der Waals surface area contributed by atoms with Crippen LogP contribution in [-0.2, 0) is 4.79 Å². The van der Waals surface area contributed by atoms with E-state index in [0.29, 0.717) is 40.9 Å². The number of nitrogens with one attached hydrogen (secondary N) is 2. The van der Waals surface area contributed by atoms with E-state index in [1.165, 1.54) is 0 Å². The minimum absolute atomic E-state index is 0.00971. The van der Waals surface area contributed by atoms with E-state index in [0.717, 1.165) is 37.6 Å². The van der Waals surface area contributed by atoms with Crippen molar-refractivity contribution in [3.05, 3.63) is 54.2 Å². The average Bonchev–Trinajstić information content (AvgIpc) is 2.99. The minimum atomic E-state index is -0.365. The van der Waals surface area contributed by atoms with Gasteiger partial charge in [-0.2, -0.15) is 4.98 Å². The molecule has 5 rings (SSSR count). The molecule has 2 N–H and O–H groups in total. The van der Waals surface area contributed by atoms with Crippen molar-refractivity contribution in [2.45, 2.75) is 19.4 Å². The van der Waals surface area contributed by atoms with Gasteiger partial charge in [0.25, 0.3) is 11.8 Å². The number of ether oxygens (including phenoxy) is 1. The monoisotopic (exact) mass is 573 g/mol. The first-order chi connectivity index (χ1) is 20.2. The van der Waals surface area contributed by atoms with E-state index in [9.17, 15) is 9.59 Å². The zero-order valence-corrected chi connectivity index (χ0v) is 25.1. The quantitative estimate of drug-likeness (QED) is 0.417. The summed E-state index contributed by atoms with van der Waals surface area (Å²) in [6.45, 7) is 6.03. The molecule has 42 heavy (non-hydrogen) atoms. The number of piperazine rings is 1. The largest absolute Gasteiger partial charge is 0.495 e. The molecular formula is C30H39N9O3. The number of hydrogen-bond acceptors (Lipinski definition) is 10. The predicted octanol–water partition coefficient (Wildman–Crippen LogP) is 3.27. The van der Waals surface area contributed by atoms with Gasteiger partial charge in [0.1, 0.15) is 17.5 Å². The summed E-state index contributed by atoms with van der Waals surface area (Å²) in [5.41, 5.74) is 3.56. The molecular weight excluding hydrogens is 534 g/mol. The van der Waals surface area contributed by atoms with E-state index < -0.39 is 0 Å². The highest BCUT2D eigenvalue weighted by Crippen LogP contribution is 2.36. The van der Waals surface area contributed by atoms with Crippen LogP contribution in [0.4, 0.5) is 34.5 Å². The number of methoxy groups -OCH3 is 1. The summed E-state index contributed by atoms with van der Waals surface area (Å²) in [6.07, 6.45) is 2.26. The number of hydrazine groups is 1. The Labute approximate surface area is 246 Å². The second-order valence-corrected chi connectivity index (χ2v) is 10.7. The Morgan fingerprint density at radius 2 is 1.79 bits per heavy atom. The highest BCUT2D eigenvalue weighted by molar-refractivity contribution is 6.05. The van der Waals surface area contributed by atoms with Crippen LogP contribution in [0.2, 0.25) is 0 Å². The van der Waals surface area contributed by atoms with Crippen molar-refractivity contribution in [1.82, 2.24) is 19.9 Å². The van der Waals surface area contributed by atoms with Crippen molar-refractivity contribution in [2.75, 3.05) is 86.9 Å². The number of amides is 2. The molecule has 0 saturated carbocycles. The SMILES string of the molecule is CCC1C(=O)N(C)c2cnc(Nc3ccc(C(=O)Nc4ccc(N5CCN(C)CC5)cc4)cc3OC)nc2N1N(C)C. The second-order valence-electron chi connectivity index (χ2n) is 10.7. The standard InChI is InChI=1S/C30H39N9O3/c1-7-24-29(41)37(5)25-19-31-30(34-27(25)39(24)35(2)3)33-23-13-8-20(18-26(23)42-6)28(40)32-21-9-11-22(12-10-21)38-16-14-36(4)15-17-38/h8-13,18-19,24H,7,14-17H2,1-6H3,(H,32,40)(H,31,33,34). The Bertz CT molecular complexity index is 1440. The first kappa shape index (κ1) is 29.1. The van der Waals surface area contributed by atoms with Gasteiger partial charge in [0.15, 0.2) is 5.82 Å². The van der Waals surface area contributed by atoms with Gasteiger partial charge in [0, 0.05) is 64.3 Å². The minimum Gasteiger partial charge on any atom is -0.495 e. The lowest BCUT2D eigenvalue weighted by molar-refractivity contribution is -0.120. The topological polar surface area (TPSA) is 109 Å². The molecule has 1 fully saturated rings. The summed E-state index contributed by atoms with van der Waals surface area (Å²) < 4.78 is 5.61. The number of hydrogen-bond donors (Lipinski definition) is 2. The van der Waals surface area contributed by atoms with Crippen molar-refractivity contribution < 1.29 is 14.3 Å². The number of likely N-dealkylation sites (N-methyl/N-ethyl adjacent to an activating group) is 2. The van der Waals surface area contributed by atoms with Crippen LogP contribution in [0.1, 0.15) is 23.7 Å². The molecule has 2 aromatic carbocycles. The molecule has 222 valence electrons. The molecule has 2 aliphatic rings. The van der Waals surface area contributed by atoms with Crippen molar-refractivity contribution in [3.8, 4) is 5.75 Å². The molecule has 1 aromatic heterocycles. The summed E-state index contributed by atoms with van der Waals surface area (Å²) in [5, 5.41) is 9.93. The Balaban J connectivity index is 1.31. The van der Waals surface area contributed by atoms with E-state index in [2.05, 4.69) is 32.5 Å². The molecule has 0 spiro atoms. The van der Waals surface area contributed by atoms with E-state index in [1.54, 1.807) is 43.5 Å². The highest BCUT2D eigenvalue weighted by atomic mass is 16.5. The van der Waals surface area contributed by atoms with Crippen LogP contribution in [0.5, 0.6) is 5.75 Å². The molecule has 2 aliphatic heterocycles. The number of carbonyl (C=O) groups is 2. The lowest BCUT2D eigenvalue weighted by Crippen LogP contribution is -2.57. The molecule has 0 bridgehead atoms. The molecule has 0 radical (unpaired) electrons. The van der Waals surface area contributed by atoms with Crippen LogP contribution >= 0.6 is 0 Å². The number of nitrogens with zero attached hydrogens (tertiary/aromatic N) is 7. The van der Waals surface area contributed by atoms with Gasteiger partial charge in [0.2, 0.25) is 5.95 Å². The first-order valence-electron chi connectivity index (χ1n) is 14.1. The van der Waals surface area contributed by atoms with Crippen LogP contribution < -0.4 is 30.2 Å². The Morgan fingerprint density at radius 1 is 1.07 bits per heavy atom. The normalized spacial score (nSPS) is 17.4. The Hall–Kier alpha value is -4.42. The van der Waals surface area contributed by atoms with Crippen molar-refractivity contribution in [1.29, 1.82) is 0 Å². The number of fused-ring (bicyclic) bond motifs is 1. The van der Waals surface area contributed by atoms with E-state index >= 15 is 0 Å². The average molecular weight is 574 g/mol. The predicted molar refractivity (Wildman–Crippen MR) is 166 cm³/mol. The third-order valence-corrected chi connectivity index (χ3v) is 7.76. The molecule has 12 heteroatoms. The van der Waals surface area contributed by atoms with Gasteiger partial charge in [-0.25, -0.2) is 9.99 Å². The van der Waals surface area contributed by atoms with Crippen LogP contribution in [0, 0.1) is 0 Å². The van der Waals surface area contributed by atoms with Gasteiger partial charge in [-0.1, -0.05) is 6.92 Å². The van der Waals surface area contributed by atoms with E-state index in [4.69, 9.17) is 9.72 Å². The van der Waals surface area contributed by atoms with Gasteiger partial charge in [-0.05, 0) is 55.9 Å². The fraction of sp³-hybridized carbons (Fsp3) is 0.400. The van der Waals surface area contributed by atoms with E-state index in [1.807, 2.05) is 55.3 Å². The lowest BCUT2D eigenvalue weighted by atomic mass is 10.1. The van der Waals surface area contributed by atoms with Gasteiger partial charge in [0.05, 0.1) is 19.0 Å². The van der Waals surface area contributed by atoms with Crippen molar-refractivity contribution >= 4 is 46.3 Å². The van der Waals surface area contributed by atoms with Crippen LogP contribution in [0.25, 0.3) is 0 Å². The number of anilines is 6. The van der Waals surface area contributed by atoms with Crippen molar-refractivity contribution in [2.24, 2.45) is 0 Å². The molecule has 3 aromatic rings. The smallest absolute Gasteiger partial charge is 0.255 e. The molecule has 1 atom stereocenters. The molecule has 1 unspecified atom stereocenters. The molecule has 1 saturated heterocycles. The number of aromatic nitrogens is 2. The maximum atomic E-state index is 13.1. The summed E-state index contributed by atoms with van der Waals surface area (Å²) in [4.78, 5) is 41.5. The fourth-order valence-corrected chi connectivity index (χ4v) is 5.32. The number of carbonyl (C=O) groups excluding carboxylic acids is 2. The number of benzene rings is 2. The molecule has 12 nitrogen and oxygen atoms in total. The zero-order valence-electron chi connectivity index (χ0n) is 25.1. The third-order valence-electron chi connectivity index (χ3n) is 7.76. The second kappa shape index (κ2) is 12.2. The summed E-state index contributed by atoms with van der Waals surface area (Å²) in [7, 11) is 9.19. The maximum Gasteiger partial charge on any atom is 0.255 e. The summed E-state index contributed by atoms with van der Waals surface area (Å²) >= 11 is 0. The number of rotatable bonds is 8. The Kier molecular flexibility index (Phi) is 8.46. The zero-order chi connectivity index (χ0) is 30.0. The third kappa shape index (κ3) is 5.81. The molecule has 0 aliphatic carbocycles. The van der Waals surface area contributed by atoms with E-state index in [-0.39, 0.29) is 17.9 Å². The van der Waals surface area contributed by atoms with Crippen LogP contribution in [-0.4, -0.2) is 99.2 Å². The summed E-state index contributed by atoms with van der Waals surface area (Å²) in [5.74, 6) is 1.19. The lowest BCUT2D eigenvalue weighted by Gasteiger charge is -2.43. The van der Waals surface area contributed by atoms with Crippen molar-refractivity contribution in [3.63, 3.8) is 0 Å². The van der Waals surface area contributed by atoms with Gasteiger partial charge in [-0.15, -0.1) is 0 Å². The van der Waals surface area contributed by atoms with Crippen LogP contribution in [0.15, 0.2) is 48.7 Å². The Morgan fingerprint density at radius 3 is 2.43 bits per heavy atom. The van der Waals surface area contributed by atoms with Gasteiger partial charge >= 0.3 is 0 Å².